The minimum atomic E-state index is 0.0329. The van der Waals surface area contributed by atoms with Gasteiger partial charge in [0.2, 0.25) is 0 Å². The maximum absolute atomic E-state index is 4.22. The Balaban J connectivity index is 2.65. The average molecular weight is 167 g/mol. The first-order valence-corrected chi connectivity index (χ1v) is 4.34. The van der Waals surface area contributed by atoms with Crippen LogP contribution in [0.5, 0.6) is 0 Å². The molecule has 12 heavy (non-hydrogen) atoms. The maximum Gasteiger partial charge on any atom is 0.0717 e. The van der Waals surface area contributed by atoms with E-state index in [2.05, 4.69) is 38.2 Å². The van der Waals surface area contributed by atoms with E-state index < -0.39 is 0 Å². The van der Waals surface area contributed by atoms with Crippen molar-refractivity contribution < 1.29 is 0 Å². The van der Waals surface area contributed by atoms with Gasteiger partial charge in [0.15, 0.2) is 0 Å². The van der Waals surface area contributed by atoms with Gasteiger partial charge < -0.3 is 0 Å². The summed E-state index contributed by atoms with van der Waals surface area (Å²) in [5.74, 6) is 0. The number of hydrazone groups is 1. The number of nitrogens with zero attached hydrogens (tertiary/aromatic N) is 2. The van der Waals surface area contributed by atoms with Crippen molar-refractivity contribution in [2.45, 2.75) is 39.7 Å². The zero-order chi connectivity index (χ0) is 9.19. The Morgan fingerprint density at radius 1 is 1.50 bits per heavy atom. The quantitative estimate of drug-likeness (QED) is 0.645. The van der Waals surface area contributed by atoms with Gasteiger partial charge >= 0.3 is 0 Å². The van der Waals surface area contributed by atoms with E-state index in [0.717, 1.165) is 6.42 Å². The Hall–Kier alpha value is -0.990. The molecule has 3 heteroatoms. The highest BCUT2D eigenvalue weighted by Crippen LogP contribution is 2.14. The van der Waals surface area contributed by atoms with E-state index in [1.165, 1.54) is 5.70 Å². The van der Waals surface area contributed by atoms with Gasteiger partial charge in [0.05, 0.1) is 11.8 Å². The summed E-state index contributed by atoms with van der Waals surface area (Å²) in [6.07, 6.45) is 4.85. The molecule has 0 fully saturated rings. The zero-order valence-corrected chi connectivity index (χ0v) is 8.26. The lowest BCUT2D eigenvalue weighted by Gasteiger charge is -2.35. The number of rotatable bonds is 1. The molecule has 1 heterocycles. The zero-order valence-electron chi connectivity index (χ0n) is 8.26. The van der Waals surface area contributed by atoms with E-state index >= 15 is 0 Å². The standard InChI is InChI=1S/C9H17N3/c1-5-8-6-7-10-12(11-8)9(2,3)4/h6-7,11H,5H2,1-4H3. The summed E-state index contributed by atoms with van der Waals surface area (Å²) in [4.78, 5) is 0. The highest BCUT2D eigenvalue weighted by Gasteiger charge is 2.20. The Kier molecular flexibility index (Phi) is 2.40. The highest BCUT2D eigenvalue weighted by molar-refractivity contribution is 5.72. The molecule has 1 aliphatic rings. The molecule has 0 aliphatic carbocycles. The summed E-state index contributed by atoms with van der Waals surface area (Å²) < 4.78 is 0. The Bertz CT molecular complexity index is 210. The van der Waals surface area contributed by atoms with Gasteiger partial charge in [0.1, 0.15) is 0 Å². The van der Waals surface area contributed by atoms with Crippen LogP contribution in [0.3, 0.4) is 0 Å². The SMILES string of the molecule is CCC1=CC=NN(C(C)(C)C)N1. The molecule has 1 N–H and O–H groups in total. The van der Waals surface area contributed by atoms with E-state index in [1.807, 2.05) is 17.4 Å². The van der Waals surface area contributed by atoms with Crippen molar-refractivity contribution in [3.63, 3.8) is 0 Å². The molecule has 0 aromatic carbocycles. The number of hydrazine groups is 1. The molecule has 0 saturated carbocycles. The van der Waals surface area contributed by atoms with Crippen molar-refractivity contribution >= 4 is 6.21 Å². The van der Waals surface area contributed by atoms with Crippen molar-refractivity contribution in [2.24, 2.45) is 5.10 Å². The lowest BCUT2D eigenvalue weighted by Crippen LogP contribution is -2.47. The van der Waals surface area contributed by atoms with Crippen molar-refractivity contribution in [1.29, 1.82) is 0 Å². The second-order valence-corrected chi connectivity index (χ2v) is 3.90. The van der Waals surface area contributed by atoms with E-state index in [9.17, 15) is 0 Å². The highest BCUT2D eigenvalue weighted by atomic mass is 15.7. The van der Waals surface area contributed by atoms with Gasteiger partial charge in [-0.05, 0) is 33.3 Å². The molecule has 0 unspecified atom stereocenters. The van der Waals surface area contributed by atoms with Crippen LogP contribution in [0.4, 0.5) is 0 Å². The Labute approximate surface area is 74.1 Å². The average Bonchev–Trinajstić information content (AvgIpc) is 2.03. The molecular weight excluding hydrogens is 150 g/mol. The van der Waals surface area contributed by atoms with E-state index in [1.54, 1.807) is 0 Å². The van der Waals surface area contributed by atoms with Crippen LogP contribution in [0.15, 0.2) is 16.9 Å². The fourth-order valence-electron chi connectivity index (χ4n) is 0.930. The van der Waals surface area contributed by atoms with Crippen molar-refractivity contribution in [3.8, 4) is 0 Å². The third-order valence-corrected chi connectivity index (χ3v) is 1.72. The number of hydrogen-bond acceptors (Lipinski definition) is 3. The summed E-state index contributed by atoms with van der Waals surface area (Å²) in [5, 5.41) is 6.10. The van der Waals surface area contributed by atoms with Gasteiger partial charge in [-0.2, -0.15) is 5.10 Å². The second kappa shape index (κ2) is 3.17. The third kappa shape index (κ3) is 2.00. The molecule has 0 atom stereocenters. The molecule has 0 saturated heterocycles. The van der Waals surface area contributed by atoms with E-state index in [-0.39, 0.29) is 5.54 Å². The normalized spacial score (nSPS) is 17.3. The topological polar surface area (TPSA) is 27.6 Å². The molecule has 0 spiro atoms. The van der Waals surface area contributed by atoms with Crippen LogP contribution in [-0.2, 0) is 0 Å². The van der Waals surface area contributed by atoms with Gasteiger partial charge in [-0.3, -0.25) is 5.43 Å². The summed E-state index contributed by atoms with van der Waals surface area (Å²) in [6.45, 7) is 8.49. The van der Waals surface area contributed by atoms with Gasteiger partial charge in [0.25, 0.3) is 0 Å². The molecule has 1 rings (SSSR count). The molecule has 0 aromatic rings. The van der Waals surface area contributed by atoms with Gasteiger partial charge in [-0.15, -0.1) is 0 Å². The minimum Gasteiger partial charge on any atom is -0.286 e. The number of nitrogens with one attached hydrogen (secondary N) is 1. The van der Waals surface area contributed by atoms with Crippen molar-refractivity contribution in [3.05, 3.63) is 11.8 Å². The minimum absolute atomic E-state index is 0.0329. The monoisotopic (exact) mass is 167 g/mol. The van der Waals surface area contributed by atoms with Crippen LogP contribution in [0.2, 0.25) is 0 Å². The lowest BCUT2D eigenvalue weighted by atomic mass is 10.1. The van der Waals surface area contributed by atoms with Crippen molar-refractivity contribution in [2.75, 3.05) is 0 Å². The van der Waals surface area contributed by atoms with E-state index in [4.69, 9.17) is 0 Å². The maximum atomic E-state index is 4.22. The first-order valence-electron chi connectivity index (χ1n) is 4.34. The van der Waals surface area contributed by atoms with Crippen LogP contribution in [0, 0.1) is 0 Å². The molecule has 0 radical (unpaired) electrons. The summed E-state index contributed by atoms with van der Waals surface area (Å²) in [6, 6.07) is 0. The molecule has 0 aromatic heterocycles. The smallest absolute Gasteiger partial charge is 0.0717 e. The predicted molar refractivity (Wildman–Crippen MR) is 51.6 cm³/mol. The fourth-order valence-corrected chi connectivity index (χ4v) is 0.930. The Morgan fingerprint density at radius 3 is 2.67 bits per heavy atom. The van der Waals surface area contributed by atoms with Gasteiger partial charge in [-0.25, -0.2) is 5.12 Å². The molecule has 68 valence electrons. The fraction of sp³-hybridized carbons (Fsp3) is 0.667. The molecular formula is C9H17N3. The second-order valence-electron chi connectivity index (χ2n) is 3.90. The van der Waals surface area contributed by atoms with Gasteiger partial charge in [-0.1, -0.05) is 6.92 Å². The number of allylic oxidation sites excluding steroid dienone is 2. The van der Waals surface area contributed by atoms with Crippen LogP contribution in [0.25, 0.3) is 0 Å². The molecule has 1 aliphatic heterocycles. The number of hydrogen-bond donors (Lipinski definition) is 1. The van der Waals surface area contributed by atoms with Crippen LogP contribution in [-0.4, -0.2) is 16.9 Å². The van der Waals surface area contributed by atoms with Crippen LogP contribution >= 0.6 is 0 Å². The third-order valence-electron chi connectivity index (χ3n) is 1.72. The molecule has 3 nitrogen and oxygen atoms in total. The summed E-state index contributed by atoms with van der Waals surface area (Å²) >= 11 is 0. The molecule has 0 amide bonds. The van der Waals surface area contributed by atoms with Crippen molar-refractivity contribution in [1.82, 2.24) is 10.5 Å². The lowest BCUT2D eigenvalue weighted by molar-refractivity contribution is 0.0905. The van der Waals surface area contributed by atoms with Crippen LogP contribution in [0.1, 0.15) is 34.1 Å². The van der Waals surface area contributed by atoms with E-state index in [0.29, 0.717) is 0 Å². The first-order chi connectivity index (χ1) is 5.54. The predicted octanol–water partition coefficient (Wildman–Crippen LogP) is 1.88. The van der Waals surface area contributed by atoms with Gasteiger partial charge in [0, 0.05) is 5.70 Å². The van der Waals surface area contributed by atoms with Crippen LogP contribution < -0.4 is 5.43 Å². The summed E-state index contributed by atoms with van der Waals surface area (Å²) in [7, 11) is 0. The first kappa shape index (κ1) is 9.10. The Morgan fingerprint density at radius 2 is 2.17 bits per heavy atom. The summed E-state index contributed by atoms with van der Waals surface area (Å²) in [5.41, 5.74) is 4.48. The molecule has 0 bridgehead atoms. The largest absolute Gasteiger partial charge is 0.286 e.